The van der Waals surface area contributed by atoms with Crippen LogP contribution in [-0.4, -0.2) is 33.1 Å². The number of hydrogen-bond acceptors (Lipinski definition) is 4. The Morgan fingerprint density at radius 1 is 1.20 bits per heavy atom. The molecule has 132 valence electrons. The molecular formula is C18H21N3O4. The van der Waals surface area contributed by atoms with Crippen LogP contribution < -0.4 is 10.9 Å². The van der Waals surface area contributed by atoms with E-state index in [4.69, 9.17) is 5.11 Å². The Morgan fingerprint density at radius 2 is 1.92 bits per heavy atom. The number of carbonyl (C=O) groups is 2. The molecule has 1 aromatic carbocycles. The van der Waals surface area contributed by atoms with Crippen molar-refractivity contribution in [1.29, 1.82) is 0 Å². The summed E-state index contributed by atoms with van der Waals surface area (Å²) in [6, 6.07) is 7.29. The third kappa shape index (κ3) is 4.04. The number of nitrogens with one attached hydrogen (secondary N) is 1. The Hall–Kier alpha value is -2.70. The Kier molecular flexibility index (Phi) is 5.11. The van der Waals surface area contributed by atoms with E-state index >= 15 is 0 Å². The van der Waals surface area contributed by atoms with E-state index in [0.717, 1.165) is 12.8 Å². The summed E-state index contributed by atoms with van der Waals surface area (Å²) in [6.07, 6.45) is 4.70. The zero-order valence-electron chi connectivity index (χ0n) is 13.9. The van der Waals surface area contributed by atoms with Crippen molar-refractivity contribution >= 4 is 22.8 Å². The van der Waals surface area contributed by atoms with Crippen LogP contribution in [0.2, 0.25) is 0 Å². The van der Waals surface area contributed by atoms with Crippen LogP contribution >= 0.6 is 0 Å². The number of carboxylic acids is 1. The quantitative estimate of drug-likeness (QED) is 0.854. The number of para-hydroxylation sites is 1. The van der Waals surface area contributed by atoms with Crippen LogP contribution in [0, 0.1) is 11.8 Å². The average Bonchev–Trinajstić information content (AvgIpc) is 2.63. The van der Waals surface area contributed by atoms with E-state index < -0.39 is 5.97 Å². The summed E-state index contributed by atoms with van der Waals surface area (Å²) in [4.78, 5) is 39.3. The number of benzene rings is 1. The standard InChI is InChI=1S/C18H21N3O4/c22-16(23)9-19-17(24)13-7-5-12(6-8-13)10-21-11-20-15-4-2-1-3-14(15)18(21)25/h1-4,11-13H,5-10H2,(H,19,24)(H,22,23). The van der Waals surface area contributed by atoms with Crippen LogP contribution in [0.4, 0.5) is 0 Å². The van der Waals surface area contributed by atoms with Gasteiger partial charge in [-0.25, -0.2) is 4.98 Å². The van der Waals surface area contributed by atoms with Crippen LogP contribution in [0.1, 0.15) is 25.7 Å². The molecule has 1 amide bonds. The fourth-order valence-corrected chi connectivity index (χ4v) is 3.43. The third-order valence-corrected chi connectivity index (χ3v) is 4.82. The molecule has 0 aliphatic heterocycles. The van der Waals surface area contributed by atoms with Gasteiger partial charge in [0, 0.05) is 12.5 Å². The lowest BCUT2D eigenvalue weighted by atomic mass is 9.81. The Balaban J connectivity index is 1.59. The largest absolute Gasteiger partial charge is 0.480 e. The molecule has 3 rings (SSSR count). The average molecular weight is 343 g/mol. The SMILES string of the molecule is O=C(O)CNC(=O)C1CCC(Cn2cnc3ccccc3c2=O)CC1. The van der Waals surface area contributed by atoms with Gasteiger partial charge >= 0.3 is 5.97 Å². The first-order valence-corrected chi connectivity index (χ1v) is 8.48. The molecule has 0 atom stereocenters. The molecular weight excluding hydrogens is 322 g/mol. The van der Waals surface area contributed by atoms with Crippen LogP contribution in [0.5, 0.6) is 0 Å². The molecule has 0 unspecified atom stereocenters. The number of rotatable bonds is 5. The molecule has 1 fully saturated rings. The van der Waals surface area contributed by atoms with E-state index in [9.17, 15) is 14.4 Å². The van der Waals surface area contributed by atoms with Crippen molar-refractivity contribution in [3.8, 4) is 0 Å². The predicted molar refractivity (Wildman–Crippen MR) is 92.1 cm³/mol. The molecule has 1 heterocycles. The summed E-state index contributed by atoms with van der Waals surface area (Å²) in [5.74, 6) is -1.04. The van der Waals surface area contributed by atoms with Gasteiger partial charge in [0.05, 0.1) is 17.2 Å². The molecule has 2 aromatic rings. The van der Waals surface area contributed by atoms with Crippen molar-refractivity contribution in [3.63, 3.8) is 0 Å². The van der Waals surface area contributed by atoms with Crippen molar-refractivity contribution in [2.45, 2.75) is 32.2 Å². The first-order valence-electron chi connectivity index (χ1n) is 8.48. The lowest BCUT2D eigenvalue weighted by Gasteiger charge is -2.28. The minimum atomic E-state index is -1.04. The second-order valence-electron chi connectivity index (χ2n) is 6.55. The van der Waals surface area contributed by atoms with Crippen LogP contribution in [0.3, 0.4) is 0 Å². The first kappa shape index (κ1) is 17.1. The highest BCUT2D eigenvalue weighted by molar-refractivity contribution is 5.82. The normalized spacial score (nSPS) is 20.3. The number of nitrogens with zero attached hydrogens (tertiary/aromatic N) is 2. The monoisotopic (exact) mass is 343 g/mol. The summed E-state index contributed by atoms with van der Waals surface area (Å²) < 4.78 is 1.65. The molecule has 1 aromatic heterocycles. The molecule has 1 aliphatic rings. The predicted octanol–water partition coefficient (Wildman–Crippen LogP) is 1.40. The van der Waals surface area contributed by atoms with Crippen molar-refractivity contribution in [2.24, 2.45) is 11.8 Å². The van der Waals surface area contributed by atoms with Gasteiger partial charge in [-0.2, -0.15) is 0 Å². The van der Waals surface area contributed by atoms with E-state index in [1.54, 1.807) is 17.0 Å². The first-order chi connectivity index (χ1) is 12.0. The number of carboxylic acid groups (broad SMARTS) is 1. The van der Waals surface area contributed by atoms with E-state index in [1.807, 2.05) is 18.2 Å². The summed E-state index contributed by atoms with van der Waals surface area (Å²) in [6.45, 7) is 0.261. The van der Waals surface area contributed by atoms with Gasteiger partial charge in [0.25, 0.3) is 5.56 Å². The van der Waals surface area contributed by atoms with Crippen LogP contribution in [0.25, 0.3) is 10.9 Å². The summed E-state index contributed by atoms with van der Waals surface area (Å²) in [5, 5.41) is 11.7. The maximum atomic E-state index is 12.5. The summed E-state index contributed by atoms with van der Waals surface area (Å²) in [7, 11) is 0. The van der Waals surface area contributed by atoms with Crippen molar-refractivity contribution < 1.29 is 14.7 Å². The van der Waals surface area contributed by atoms with E-state index in [0.29, 0.717) is 36.2 Å². The Labute approximate surface area is 144 Å². The molecule has 7 heteroatoms. The summed E-state index contributed by atoms with van der Waals surface area (Å²) in [5.41, 5.74) is 0.662. The second kappa shape index (κ2) is 7.46. The number of hydrogen-bond donors (Lipinski definition) is 2. The Morgan fingerprint density at radius 3 is 2.64 bits per heavy atom. The number of aromatic nitrogens is 2. The molecule has 1 saturated carbocycles. The third-order valence-electron chi connectivity index (χ3n) is 4.82. The molecule has 0 radical (unpaired) electrons. The topological polar surface area (TPSA) is 101 Å². The Bertz CT molecular complexity index is 838. The minimum absolute atomic E-state index is 0.0353. The highest BCUT2D eigenvalue weighted by Gasteiger charge is 2.26. The lowest BCUT2D eigenvalue weighted by Crippen LogP contribution is -2.37. The van der Waals surface area contributed by atoms with Gasteiger partial charge < -0.3 is 10.4 Å². The summed E-state index contributed by atoms with van der Waals surface area (Å²) >= 11 is 0. The van der Waals surface area contributed by atoms with Gasteiger partial charge in [-0.05, 0) is 43.7 Å². The van der Waals surface area contributed by atoms with Gasteiger partial charge in [-0.1, -0.05) is 12.1 Å². The molecule has 7 nitrogen and oxygen atoms in total. The van der Waals surface area contributed by atoms with Crippen LogP contribution in [0.15, 0.2) is 35.4 Å². The molecule has 25 heavy (non-hydrogen) atoms. The van der Waals surface area contributed by atoms with E-state index in [-0.39, 0.29) is 23.9 Å². The zero-order chi connectivity index (χ0) is 17.8. The highest BCUT2D eigenvalue weighted by Crippen LogP contribution is 2.29. The van der Waals surface area contributed by atoms with Crippen molar-refractivity contribution in [1.82, 2.24) is 14.9 Å². The fourth-order valence-electron chi connectivity index (χ4n) is 3.43. The van der Waals surface area contributed by atoms with Gasteiger partial charge in [0.2, 0.25) is 5.91 Å². The van der Waals surface area contributed by atoms with Crippen molar-refractivity contribution in [2.75, 3.05) is 6.54 Å². The molecule has 0 bridgehead atoms. The fraction of sp³-hybridized carbons (Fsp3) is 0.444. The van der Waals surface area contributed by atoms with Crippen LogP contribution in [-0.2, 0) is 16.1 Å². The maximum absolute atomic E-state index is 12.5. The molecule has 2 N–H and O–H groups in total. The maximum Gasteiger partial charge on any atom is 0.322 e. The molecule has 0 spiro atoms. The smallest absolute Gasteiger partial charge is 0.322 e. The molecule has 0 saturated heterocycles. The van der Waals surface area contributed by atoms with E-state index in [2.05, 4.69) is 10.3 Å². The number of fused-ring (bicyclic) bond motifs is 1. The minimum Gasteiger partial charge on any atom is -0.480 e. The van der Waals surface area contributed by atoms with E-state index in [1.165, 1.54) is 0 Å². The van der Waals surface area contributed by atoms with Gasteiger partial charge in [-0.15, -0.1) is 0 Å². The van der Waals surface area contributed by atoms with Gasteiger partial charge in [-0.3, -0.25) is 19.0 Å². The lowest BCUT2D eigenvalue weighted by molar-refractivity contribution is -0.138. The second-order valence-corrected chi connectivity index (χ2v) is 6.55. The number of carbonyl (C=O) groups excluding carboxylic acids is 1. The highest BCUT2D eigenvalue weighted by atomic mass is 16.4. The van der Waals surface area contributed by atoms with Gasteiger partial charge in [0.1, 0.15) is 6.54 Å². The van der Waals surface area contributed by atoms with Crippen molar-refractivity contribution in [3.05, 3.63) is 40.9 Å². The zero-order valence-corrected chi connectivity index (χ0v) is 13.9. The number of amides is 1. The number of aliphatic carboxylic acids is 1. The molecule has 1 aliphatic carbocycles. The van der Waals surface area contributed by atoms with Gasteiger partial charge in [0.15, 0.2) is 0 Å².